The van der Waals surface area contributed by atoms with E-state index in [0.717, 1.165) is 0 Å². The van der Waals surface area contributed by atoms with Crippen LogP contribution in [0.1, 0.15) is 94.9 Å². The van der Waals surface area contributed by atoms with Crippen molar-refractivity contribution >= 4 is 11.8 Å². The fourth-order valence-corrected chi connectivity index (χ4v) is 8.35. The molecule has 50 heavy (non-hydrogen) atoms. The third-order valence-corrected chi connectivity index (χ3v) is 11.8. The Morgan fingerprint density at radius 1 is 0.880 bits per heavy atom. The van der Waals surface area contributed by atoms with Gasteiger partial charge >= 0.3 is 5.97 Å². The number of rotatable bonds is 7. The molecule has 3 aliphatic heterocycles. The Kier molecular flexibility index (Phi) is 14.9. The minimum Gasteiger partial charge on any atom is -0.459 e. The zero-order valence-electron chi connectivity index (χ0n) is 32.6. The van der Waals surface area contributed by atoms with E-state index in [9.17, 15) is 30.0 Å². The Morgan fingerprint density at radius 3 is 2.06 bits per heavy atom. The molecule has 3 rings (SSSR count). The number of ketones is 1. The van der Waals surface area contributed by atoms with Crippen LogP contribution < -0.4 is 0 Å². The van der Waals surface area contributed by atoms with Crippen molar-refractivity contribution in [2.24, 2.45) is 29.6 Å². The standard InChI is InChI=1S/C37H67NO12/c1-14-26-37(10,44)32(41)21(5)28(39)18(2)15-19(3)30(50-35-29(40)25(38(11)12)16-20(4)46-35)22(6)31(23(7)34(43)48-26)49-27-17-36(9,45-13)33(42)24(8)47-27/h18-27,29-33,35,40-42,44H,14-17H2,1-13H3/t18-,19+,20-,21+,22-,23-,24+,25+,26?,27+,29-,30+,31?,32-,33+,35+,36-,37-/m1/s1. The van der Waals surface area contributed by atoms with E-state index in [0.29, 0.717) is 12.8 Å². The summed E-state index contributed by atoms with van der Waals surface area (Å²) in [5.74, 6) is -4.24. The summed E-state index contributed by atoms with van der Waals surface area (Å²) in [5, 5.41) is 45.2. The number of ether oxygens (including phenoxy) is 6. The number of esters is 1. The van der Waals surface area contributed by atoms with E-state index in [1.807, 2.05) is 39.8 Å². The van der Waals surface area contributed by atoms with Gasteiger partial charge in [-0.3, -0.25) is 9.59 Å². The highest BCUT2D eigenvalue weighted by Crippen LogP contribution is 2.39. The van der Waals surface area contributed by atoms with Gasteiger partial charge in [-0.1, -0.05) is 34.6 Å². The number of Topliss-reactive ketones (excluding diaryl/α,β-unsaturated/α-hetero) is 1. The predicted octanol–water partition coefficient (Wildman–Crippen LogP) is 2.67. The Bertz CT molecular complexity index is 1120. The molecule has 18 atom stereocenters. The lowest BCUT2D eigenvalue weighted by Gasteiger charge is -2.47. The normalized spacial score (nSPS) is 49.0. The molecule has 0 aromatic heterocycles. The Labute approximate surface area is 299 Å². The van der Waals surface area contributed by atoms with Gasteiger partial charge in [0, 0.05) is 37.3 Å². The summed E-state index contributed by atoms with van der Waals surface area (Å²) in [4.78, 5) is 29.8. The molecule has 13 heteroatoms. The third kappa shape index (κ3) is 9.26. The first-order valence-electron chi connectivity index (χ1n) is 18.4. The maximum Gasteiger partial charge on any atom is 0.311 e. The second kappa shape index (κ2) is 17.3. The summed E-state index contributed by atoms with van der Waals surface area (Å²) >= 11 is 0. The highest BCUT2D eigenvalue weighted by Gasteiger charge is 2.51. The van der Waals surface area contributed by atoms with E-state index >= 15 is 0 Å². The van der Waals surface area contributed by atoms with Crippen molar-refractivity contribution in [1.29, 1.82) is 0 Å². The maximum atomic E-state index is 14.1. The Hall–Kier alpha value is -1.26. The fraction of sp³-hybridized carbons (Fsp3) is 0.946. The SMILES string of the molecule is CCC1OC(=O)[C@H](C)C(O[C@H]2C[C@@](C)(OC)[C@@H](O)[C@H](C)O2)[C@H](C)[C@@H](O[C@@H]2O[C@H](C)C[C@H](N(C)C)[C@H]2O)[C@@H](C)C[C@@H](C)C(=O)[C@H](C)[C@@H](O)[C@]1(C)O. The second-order valence-corrected chi connectivity index (χ2v) is 16.2. The molecular weight excluding hydrogens is 650 g/mol. The van der Waals surface area contributed by atoms with Crippen LogP contribution >= 0.6 is 0 Å². The largest absolute Gasteiger partial charge is 0.459 e. The van der Waals surface area contributed by atoms with Gasteiger partial charge in [0.2, 0.25) is 0 Å². The first kappa shape index (κ1) is 43.1. The van der Waals surface area contributed by atoms with Crippen molar-refractivity contribution in [3.63, 3.8) is 0 Å². The summed E-state index contributed by atoms with van der Waals surface area (Å²) in [6.07, 6.45) is -7.62. The number of likely N-dealkylation sites (N-methyl/N-ethyl adjacent to an activating group) is 1. The Balaban J connectivity index is 2.13. The van der Waals surface area contributed by atoms with E-state index < -0.39 is 96.2 Å². The highest BCUT2D eigenvalue weighted by atomic mass is 16.7. The van der Waals surface area contributed by atoms with Crippen molar-refractivity contribution in [3.05, 3.63) is 0 Å². The smallest absolute Gasteiger partial charge is 0.311 e. The van der Waals surface area contributed by atoms with Crippen LogP contribution in [0.25, 0.3) is 0 Å². The third-order valence-electron chi connectivity index (χ3n) is 11.8. The first-order chi connectivity index (χ1) is 23.1. The van der Waals surface area contributed by atoms with Gasteiger partial charge in [-0.2, -0.15) is 0 Å². The number of aliphatic hydroxyl groups is 4. The average Bonchev–Trinajstić information content (AvgIpc) is 3.05. The molecule has 3 saturated heterocycles. The van der Waals surface area contributed by atoms with E-state index in [1.165, 1.54) is 14.0 Å². The number of aliphatic hydroxyl groups excluding tert-OH is 3. The molecule has 0 saturated carbocycles. The van der Waals surface area contributed by atoms with Crippen LogP contribution in [0.5, 0.6) is 0 Å². The van der Waals surface area contributed by atoms with Gasteiger partial charge in [-0.25, -0.2) is 0 Å². The quantitative estimate of drug-likeness (QED) is 0.284. The topological polar surface area (TPSA) is 174 Å². The van der Waals surface area contributed by atoms with Crippen molar-refractivity contribution in [3.8, 4) is 0 Å². The van der Waals surface area contributed by atoms with E-state index in [-0.39, 0.29) is 36.7 Å². The molecule has 3 fully saturated rings. The van der Waals surface area contributed by atoms with Crippen LogP contribution in [0.3, 0.4) is 0 Å². The molecule has 3 aliphatic rings. The van der Waals surface area contributed by atoms with Crippen LogP contribution in [0.2, 0.25) is 0 Å². The number of hydrogen-bond donors (Lipinski definition) is 4. The van der Waals surface area contributed by atoms with Gasteiger partial charge in [-0.05, 0) is 73.9 Å². The average molecular weight is 718 g/mol. The minimum atomic E-state index is -1.92. The lowest BCUT2D eigenvalue weighted by Crippen LogP contribution is -2.59. The van der Waals surface area contributed by atoms with Crippen molar-refractivity contribution < 1.29 is 58.4 Å². The number of hydrogen-bond acceptors (Lipinski definition) is 13. The molecule has 3 heterocycles. The number of carbonyl (C=O) groups is 2. The molecule has 13 nitrogen and oxygen atoms in total. The highest BCUT2D eigenvalue weighted by molar-refractivity contribution is 5.83. The van der Waals surface area contributed by atoms with Gasteiger partial charge in [0.15, 0.2) is 12.6 Å². The molecule has 0 bridgehead atoms. The second-order valence-electron chi connectivity index (χ2n) is 16.2. The van der Waals surface area contributed by atoms with Crippen LogP contribution in [0.4, 0.5) is 0 Å². The minimum absolute atomic E-state index is 0.162. The molecule has 4 N–H and O–H groups in total. The molecule has 0 aromatic carbocycles. The van der Waals surface area contributed by atoms with Crippen molar-refractivity contribution in [2.45, 2.75) is 174 Å². The lowest BCUT2D eigenvalue weighted by molar-refractivity contribution is -0.309. The molecule has 0 radical (unpaired) electrons. The van der Waals surface area contributed by atoms with Crippen LogP contribution in [0.15, 0.2) is 0 Å². The molecule has 0 spiro atoms. The number of carbonyl (C=O) groups excluding carboxylic acids is 2. The van der Waals surface area contributed by atoms with E-state index in [2.05, 4.69) is 0 Å². The predicted molar refractivity (Wildman–Crippen MR) is 185 cm³/mol. The lowest BCUT2D eigenvalue weighted by atomic mass is 9.75. The van der Waals surface area contributed by atoms with Crippen molar-refractivity contribution in [2.75, 3.05) is 21.2 Å². The summed E-state index contributed by atoms with van der Waals surface area (Å²) < 4.78 is 37.4. The first-order valence-corrected chi connectivity index (χ1v) is 18.4. The molecule has 292 valence electrons. The van der Waals surface area contributed by atoms with Gasteiger partial charge < -0.3 is 53.7 Å². The van der Waals surface area contributed by atoms with Crippen LogP contribution in [0, 0.1) is 29.6 Å². The molecule has 0 aromatic rings. The molecule has 0 amide bonds. The number of cyclic esters (lactones) is 1. The van der Waals surface area contributed by atoms with Gasteiger partial charge in [0.05, 0.1) is 42.0 Å². The zero-order chi connectivity index (χ0) is 38.0. The summed E-state index contributed by atoms with van der Waals surface area (Å²) in [6.45, 7) is 17.4. The summed E-state index contributed by atoms with van der Waals surface area (Å²) in [6, 6.07) is -0.231. The van der Waals surface area contributed by atoms with Crippen LogP contribution in [-0.2, 0) is 38.0 Å². The molecular formula is C37H67NO12. The molecule has 2 unspecified atom stereocenters. The monoisotopic (exact) mass is 717 g/mol. The van der Waals surface area contributed by atoms with Crippen molar-refractivity contribution in [1.82, 2.24) is 4.90 Å². The van der Waals surface area contributed by atoms with Crippen LogP contribution in [-0.4, -0.2) is 137 Å². The maximum absolute atomic E-state index is 14.1. The van der Waals surface area contributed by atoms with Gasteiger partial charge in [0.25, 0.3) is 0 Å². The Morgan fingerprint density at radius 2 is 1.50 bits per heavy atom. The number of nitrogens with zero attached hydrogens (tertiary/aromatic N) is 1. The number of methoxy groups -OCH3 is 1. The fourth-order valence-electron chi connectivity index (χ4n) is 8.35. The van der Waals surface area contributed by atoms with E-state index in [1.54, 1.807) is 41.5 Å². The van der Waals surface area contributed by atoms with E-state index in [4.69, 9.17) is 28.4 Å². The van der Waals surface area contributed by atoms with Gasteiger partial charge in [-0.15, -0.1) is 0 Å². The zero-order valence-corrected chi connectivity index (χ0v) is 32.6. The molecule has 0 aliphatic carbocycles. The summed E-state index contributed by atoms with van der Waals surface area (Å²) in [5.41, 5.74) is -2.92. The summed E-state index contributed by atoms with van der Waals surface area (Å²) in [7, 11) is 5.30. The van der Waals surface area contributed by atoms with Gasteiger partial charge in [0.1, 0.15) is 29.7 Å².